The molecule has 2 fully saturated rings. The van der Waals surface area contributed by atoms with Gasteiger partial charge >= 0.3 is 0 Å². The van der Waals surface area contributed by atoms with Crippen LogP contribution in [0.5, 0.6) is 0 Å². The van der Waals surface area contributed by atoms with Gasteiger partial charge in [0.2, 0.25) is 0 Å². The van der Waals surface area contributed by atoms with E-state index in [9.17, 15) is 5.21 Å². The van der Waals surface area contributed by atoms with Gasteiger partial charge in [-0.1, -0.05) is 57.0 Å². The molecule has 0 bridgehead atoms. The molecule has 122 valence electrons. The molecule has 1 aliphatic carbocycles. The molecule has 0 unspecified atom stereocenters. The molecule has 1 saturated heterocycles. The Balaban J connectivity index is 1.96. The summed E-state index contributed by atoms with van der Waals surface area (Å²) >= 11 is 0. The monoisotopic (exact) mass is 294 g/mol. The number of hydrogen-bond acceptors (Lipinski definition) is 3. The van der Waals surface area contributed by atoms with Crippen molar-refractivity contribution < 1.29 is 5.21 Å². The Labute approximate surface area is 130 Å². The topological polar surface area (TPSA) is 35.8 Å². The molecule has 1 aliphatic heterocycles. The van der Waals surface area contributed by atoms with Crippen LogP contribution in [0.25, 0.3) is 0 Å². The molecule has 3 heteroatoms. The van der Waals surface area contributed by atoms with E-state index < -0.39 is 0 Å². The van der Waals surface area contributed by atoms with E-state index in [0.717, 1.165) is 18.1 Å². The van der Waals surface area contributed by atoms with Crippen LogP contribution in [0, 0.1) is 5.92 Å². The smallest absolute Gasteiger partial charge is 0.0742 e. The highest BCUT2D eigenvalue weighted by Crippen LogP contribution is 2.24. The van der Waals surface area contributed by atoms with Gasteiger partial charge in [0.25, 0.3) is 0 Å². The molecule has 1 atom stereocenters. The van der Waals surface area contributed by atoms with Crippen LogP contribution < -0.4 is 0 Å². The molecule has 21 heavy (non-hydrogen) atoms. The summed E-state index contributed by atoms with van der Waals surface area (Å²) in [4.78, 5) is 2.60. The van der Waals surface area contributed by atoms with E-state index >= 15 is 0 Å². The first-order chi connectivity index (χ1) is 10.3. The van der Waals surface area contributed by atoms with Crippen LogP contribution in [-0.4, -0.2) is 35.0 Å². The van der Waals surface area contributed by atoms with Gasteiger partial charge in [0.15, 0.2) is 0 Å². The minimum Gasteiger partial charge on any atom is -0.411 e. The van der Waals surface area contributed by atoms with Gasteiger partial charge < -0.3 is 5.21 Å². The number of hydrogen-bond donors (Lipinski definition) is 1. The van der Waals surface area contributed by atoms with E-state index in [2.05, 4.69) is 17.0 Å². The SMILES string of the molecule is CC1CCN([C@H]2CCCCCCCCCC/C2=N\O)CC1. The van der Waals surface area contributed by atoms with Gasteiger partial charge in [-0.2, -0.15) is 0 Å². The number of nitrogens with zero attached hydrogens (tertiary/aromatic N) is 2. The molecule has 1 heterocycles. The zero-order valence-corrected chi connectivity index (χ0v) is 13.9. The molecular weight excluding hydrogens is 260 g/mol. The lowest BCUT2D eigenvalue weighted by molar-refractivity contribution is 0.158. The average molecular weight is 294 g/mol. The second-order valence-electron chi connectivity index (χ2n) is 7.19. The number of rotatable bonds is 1. The Morgan fingerprint density at radius 2 is 1.43 bits per heavy atom. The maximum Gasteiger partial charge on any atom is 0.0742 e. The largest absolute Gasteiger partial charge is 0.411 e. The van der Waals surface area contributed by atoms with Crippen molar-refractivity contribution in [3.8, 4) is 0 Å². The first-order valence-corrected chi connectivity index (χ1v) is 9.26. The fourth-order valence-electron chi connectivity index (χ4n) is 3.89. The second kappa shape index (κ2) is 9.45. The summed E-state index contributed by atoms with van der Waals surface area (Å²) in [5.74, 6) is 0.863. The summed E-state index contributed by atoms with van der Waals surface area (Å²) in [5.41, 5.74) is 1.06. The Kier molecular flexibility index (Phi) is 7.56. The number of piperidine rings is 1. The third kappa shape index (κ3) is 5.61. The highest BCUT2D eigenvalue weighted by atomic mass is 16.4. The minimum absolute atomic E-state index is 0.405. The Morgan fingerprint density at radius 1 is 0.857 bits per heavy atom. The minimum atomic E-state index is 0.405. The van der Waals surface area contributed by atoms with Crippen LogP contribution >= 0.6 is 0 Å². The molecule has 1 N–H and O–H groups in total. The molecule has 0 amide bonds. The lowest BCUT2D eigenvalue weighted by atomic mass is 9.92. The van der Waals surface area contributed by atoms with Crippen molar-refractivity contribution in [3.63, 3.8) is 0 Å². The molecular formula is C18H34N2O. The van der Waals surface area contributed by atoms with E-state index in [4.69, 9.17) is 0 Å². The molecule has 1 saturated carbocycles. The fourth-order valence-corrected chi connectivity index (χ4v) is 3.89. The van der Waals surface area contributed by atoms with Crippen molar-refractivity contribution in [3.05, 3.63) is 0 Å². The van der Waals surface area contributed by atoms with Gasteiger partial charge in [0.05, 0.1) is 11.8 Å². The zero-order chi connectivity index (χ0) is 14.9. The lowest BCUT2D eigenvalue weighted by Gasteiger charge is -2.37. The molecule has 0 aromatic rings. The van der Waals surface area contributed by atoms with Crippen molar-refractivity contribution in [2.45, 2.75) is 90.0 Å². The lowest BCUT2D eigenvalue weighted by Crippen LogP contribution is -2.45. The Hall–Kier alpha value is -0.570. The first-order valence-electron chi connectivity index (χ1n) is 9.26. The molecule has 2 rings (SSSR count). The molecule has 0 aromatic heterocycles. The number of likely N-dealkylation sites (tertiary alicyclic amines) is 1. The van der Waals surface area contributed by atoms with Gasteiger partial charge in [-0.05, 0) is 51.1 Å². The summed E-state index contributed by atoms with van der Waals surface area (Å²) in [5, 5.41) is 13.2. The normalized spacial score (nSPS) is 30.7. The van der Waals surface area contributed by atoms with E-state index in [1.807, 2.05) is 0 Å². The molecule has 0 spiro atoms. The van der Waals surface area contributed by atoms with E-state index in [-0.39, 0.29) is 0 Å². The van der Waals surface area contributed by atoms with Crippen LogP contribution in [0.15, 0.2) is 5.16 Å². The third-order valence-corrected chi connectivity index (χ3v) is 5.43. The van der Waals surface area contributed by atoms with Gasteiger partial charge in [-0.15, -0.1) is 0 Å². The zero-order valence-electron chi connectivity index (χ0n) is 13.9. The van der Waals surface area contributed by atoms with Crippen LogP contribution in [0.4, 0.5) is 0 Å². The average Bonchev–Trinajstić information content (AvgIpc) is 2.49. The summed E-state index contributed by atoms with van der Waals surface area (Å²) < 4.78 is 0. The van der Waals surface area contributed by atoms with Crippen molar-refractivity contribution in [2.24, 2.45) is 11.1 Å². The predicted molar refractivity (Wildman–Crippen MR) is 89.2 cm³/mol. The van der Waals surface area contributed by atoms with Gasteiger partial charge in [-0.25, -0.2) is 0 Å². The Bertz CT molecular complexity index is 308. The number of oxime groups is 1. The molecule has 0 radical (unpaired) electrons. The van der Waals surface area contributed by atoms with Crippen LogP contribution in [0.1, 0.15) is 84.0 Å². The maximum absolute atomic E-state index is 9.51. The second-order valence-corrected chi connectivity index (χ2v) is 7.19. The van der Waals surface area contributed by atoms with Crippen molar-refractivity contribution >= 4 is 5.71 Å². The van der Waals surface area contributed by atoms with Gasteiger partial charge in [-0.3, -0.25) is 4.90 Å². The predicted octanol–water partition coefficient (Wildman–Crippen LogP) is 4.83. The maximum atomic E-state index is 9.51. The van der Waals surface area contributed by atoms with Crippen LogP contribution in [0.3, 0.4) is 0 Å². The quantitative estimate of drug-likeness (QED) is 0.555. The molecule has 0 aromatic carbocycles. The van der Waals surface area contributed by atoms with Gasteiger partial charge in [0, 0.05) is 0 Å². The standard InChI is InChI=1S/C18H34N2O/c1-16-12-14-20(15-13-16)18-11-9-7-5-3-2-4-6-8-10-17(18)19-21/h16,18,21H,2-15H2,1H3/b19-17+/t18-/m0/s1. The summed E-state index contributed by atoms with van der Waals surface area (Å²) in [6.45, 7) is 4.73. The summed E-state index contributed by atoms with van der Waals surface area (Å²) in [7, 11) is 0. The van der Waals surface area contributed by atoms with Crippen molar-refractivity contribution in [2.75, 3.05) is 13.1 Å². The van der Waals surface area contributed by atoms with Crippen LogP contribution in [-0.2, 0) is 0 Å². The molecule has 3 nitrogen and oxygen atoms in total. The van der Waals surface area contributed by atoms with E-state index in [1.165, 1.54) is 83.7 Å². The Morgan fingerprint density at radius 3 is 2.05 bits per heavy atom. The molecule has 2 aliphatic rings. The summed E-state index contributed by atoms with van der Waals surface area (Å²) in [6, 6.07) is 0.405. The first kappa shape index (κ1) is 16.8. The van der Waals surface area contributed by atoms with Crippen molar-refractivity contribution in [1.82, 2.24) is 4.90 Å². The van der Waals surface area contributed by atoms with E-state index in [0.29, 0.717) is 6.04 Å². The highest BCUT2D eigenvalue weighted by Gasteiger charge is 2.27. The van der Waals surface area contributed by atoms with Crippen molar-refractivity contribution in [1.29, 1.82) is 0 Å². The summed E-state index contributed by atoms with van der Waals surface area (Å²) in [6.07, 6.45) is 15.4. The van der Waals surface area contributed by atoms with Crippen LogP contribution in [0.2, 0.25) is 0 Å². The highest BCUT2D eigenvalue weighted by molar-refractivity contribution is 5.89. The fraction of sp³-hybridized carbons (Fsp3) is 0.944. The third-order valence-electron chi connectivity index (χ3n) is 5.43. The van der Waals surface area contributed by atoms with Gasteiger partial charge in [0.1, 0.15) is 0 Å². The van der Waals surface area contributed by atoms with E-state index in [1.54, 1.807) is 0 Å².